The van der Waals surface area contributed by atoms with Gasteiger partial charge in [-0.15, -0.1) is 0 Å². The number of amides is 4. The van der Waals surface area contributed by atoms with Gasteiger partial charge in [0.25, 0.3) is 5.91 Å². The van der Waals surface area contributed by atoms with E-state index in [1.807, 2.05) is 24.3 Å². The van der Waals surface area contributed by atoms with E-state index < -0.39 is 29.9 Å². The summed E-state index contributed by atoms with van der Waals surface area (Å²) in [5.41, 5.74) is 1.08. The Labute approximate surface area is 181 Å². The number of imide groups is 1. The molecule has 1 saturated heterocycles. The summed E-state index contributed by atoms with van der Waals surface area (Å²) in [6, 6.07) is 11.9. The van der Waals surface area contributed by atoms with E-state index in [1.165, 1.54) is 14.2 Å². The molecule has 0 aromatic heterocycles. The van der Waals surface area contributed by atoms with Crippen LogP contribution < -0.4 is 20.1 Å². The maximum Gasteiger partial charge on any atom is 0.325 e. The van der Waals surface area contributed by atoms with Crippen molar-refractivity contribution in [2.45, 2.75) is 32.2 Å². The molecule has 0 bridgehead atoms. The number of aryl methyl sites for hydroxylation is 1. The molecule has 0 saturated carbocycles. The second kappa shape index (κ2) is 9.07. The number of benzene rings is 2. The highest BCUT2D eigenvalue weighted by Crippen LogP contribution is 2.31. The quantitative estimate of drug-likeness (QED) is 0.634. The first-order chi connectivity index (χ1) is 14.8. The maximum atomic E-state index is 13.0. The van der Waals surface area contributed by atoms with E-state index in [2.05, 4.69) is 17.6 Å². The van der Waals surface area contributed by atoms with Crippen LogP contribution in [0.15, 0.2) is 42.5 Å². The van der Waals surface area contributed by atoms with Crippen LogP contribution in [0.5, 0.6) is 11.5 Å². The van der Waals surface area contributed by atoms with Crippen molar-refractivity contribution in [2.24, 2.45) is 0 Å². The van der Waals surface area contributed by atoms with Crippen LogP contribution in [-0.4, -0.2) is 43.5 Å². The fourth-order valence-electron chi connectivity index (χ4n) is 3.59. The van der Waals surface area contributed by atoms with E-state index in [4.69, 9.17) is 9.47 Å². The first kappa shape index (κ1) is 22.1. The average Bonchev–Trinajstić information content (AvgIpc) is 2.98. The predicted octanol–water partition coefficient (Wildman–Crippen LogP) is 3.06. The monoisotopic (exact) mass is 425 g/mol. The molecule has 164 valence electrons. The van der Waals surface area contributed by atoms with Gasteiger partial charge in [0, 0.05) is 11.8 Å². The number of methoxy groups -OCH3 is 2. The number of rotatable bonds is 8. The molecular weight excluding hydrogens is 398 g/mol. The first-order valence-corrected chi connectivity index (χ1v) is 10.1. The third-order valence-electron chi connectivity index (χ3n) is 5.31. The lowest BCUT2D eigenvalue weighted by molar-refractivity contribution is -0.133. The van der Waals surface area contributed by atoms with Crippen LogP contribution in [-0.2, 0) is 21.5 Å². The molecule has 1 atom stereocenters. The summed E-state index contributed by atoms with van der Waals surface area (Å²) in [4.78, 5) is 39.0. The van der Waals surface area contributed by atoms with Crippen molar-refractivity contribution in [1.29, 1.82) is 0 Å². The van der Waals surface area contributed by atoms with E-state index in [9.17, 15) is 14.4 Å². The molecule has 1 heterocycles. The van der Waals surface area contributed by atoms with Crippen LogP contribution in [0.1, 0.15) is 31.4 Å². The SMILES string of the molecule is CCCc1ccc([C@@]2(C)NC(=O)N(CC(=O)Nc3ccc(OC)c(OC)c3)C2=O)cc1. The Kier molecular flexibility index (Phi) is 6.48. The first-order valence-electron chi connectivity index (χ1n) is 10.1. The largest absolute Gasteiger partial charge is 0.493 e. The Balaban J connectivity index is 1.71. The standard InChI is InChI=1S/C23H27N3O5/c1-5-6-15-7-9-16(10-8-15)23(2)21(28)26(22(29)25-23)14-20(27)24-17-11-12-18(30-3)19(13-17)31-4/h7-13H,5-6,14H2,1-4H3,(H,24,27)(H,25,29)/t23-/m1/s1. The normalized spacial score (nSPS) is 18.0. The Morgan fingerprint density at radius 3 is 2.35 bits per heavy atom. The van der Waals surface area contributed by atoms with Gasteiger partial charge in [-0.2, -0.15) is 0 Å². The lowest BCUT2D eigenvalue weighted by atomic mass is 9.91. The molecule has 3 rings (SSSR count). The van der Waals surface area contributed by atoms with Crippen LogP contribution in [0.2, 0.25) is 0 Å². The van der Waals surface area contributed by atoms with Crippen molar-refractivity contribution in [1.82, 2.24) is 10.2 Å². The second-order valence-corrected chi connectivity index (χ2v) is 7.51. The highest BCUT2D eigenvalue weighted by molar-refractivity contribution is 6.10. The van der Waals surface area contributed by atoms with Crippen molar-refractivity contribution in [3.05, 3.63) is 53.6 Å². The van der Waals surface area contributed by atoms with E-state index in [1.54, 1.807) is 25.1 Å². The Hall–Kier alpha value is -3.55. The zero-order chi connectivity index (χ0) is 22.6. The number of hydrogen-bond acceptors (Lipinski definition) is 5. The number of carbonyl (C=O) groups excluding carboxylic acids is 3. The molecule has 2 N–H and O–H groups in total. The summed E-state index contributed by atoms with van der Waals surface area (Å²) >= 11 is 0. The van der Waals surface area contributed by atoms with Gasteiger partial charge in [-0.25, -0.2) is 4.79 Å². The van der Waals surface area contributed by atoms with Crippen LogP contribution in [0.4, 0.5) is 10.5 Å². The summed E-state index contributed by atoms with van der Waals surface area (Å²) in [5, 5.41) is 5.40. The lowest BCUT2D eigenvalue weighted by Gasteiger charge is -2.22. The van der Waals surface area contributed by atoms with Gasteiger partial charge in [-0.05, 0) is 36.6 Å². The molecule has 1 fully saturated rings. The smallest absolute Gasteiger partial charge is 0.325 e. The van der Waals surface area contributed by atoms with E-state index in [0.717, 1.165) is 23.3 Å². The van der Waals surface area contributed by atoms with Crippen LogP contribution in [0.25, 0.3) is 0 Å². The fraction of sp³-hybridized carbons (Fsp3) is 0.348. The van der Waals surface area contributed by atoms with Gasteiger partial charge >= 0.3 is 6.03 Å². The predicted molar refractivity (Wildman–Crippen MR) is 116 cm³/mol. The zero-order valence-electron chi connectivity index (χ0n) is 18.2. The molecule has 8 nitrogen and oxygen atoms in total. The van der Waals surface area contributed by atoms with Gasteiger partial charge in [0.1, 0.15) is 12.1 Å². The third-order valence-corrected chi connectivity index (χ3v) is 5.31. The minimum absolute atomic E-state index is 0.400. The molecular formula is C23H27N3O5. The summed E-state index contributed by atoms with van der Waals surface area (Å²) < 4.78 is 10.4. The number of anilines is 1. The van der Waals surface area contributed by atoms with E-state index in [-0.39, 0.29) is 0 Å². The van der Waals surface area contributed by atoms with Crippen molar-refractivity contribution < 1.29 is 23.9 Å². The van der Waals surface area contributed by atoms with Crippen molar-refractivity contribution in [3.63, 3.8) is 0 Å². The molecule has 8 heteroatoms. The number of nitrogens with one attached hydrogen (secondary N) is 2. The summed E-state index contributed by atoms with van der Waals surface area (Å²) in [6.45, 7) is 3.34. The molecule has 31 heavy (non-hydrogen) atoms. The minimum atomic E-state index is -1.22. The highest BCUT2D eigenvalue weighted by atomic mass is 16.5. The molecule has 0 unspecified atom stereocenters. The molecule has 1 aliphatic heterocycles. The summed E-state index contributed by atoms with van der Waals surface area (Å²) in [7, 11) is 3.01. The zero-order valence-corrected chi connectivity index (χ0v) is 18.2. The van der Waals surface area contributed by atoms with Crippen LogP contribution in [0, 0.1) is 0 Å². The van der Waals surface area contributed by atoms with Gasteiger partial charge in [-0.1, -0.05) is 37.6 Å². The molecule has 2 aromatic carbocycles. The maximum absolute atomic E-state index is 13.0. The van der Waals surface area contributed by atoms with Crippen molar-refractivity contribution >= 4 is 23.5 Å². The van der Waals surface area contributed by atoms with Gasteiger partial charge < -0.3 is 20.1 Å². The van der Waals surface area contributed by atoms with E-state index >= 15 is 0 Å². The summed E-state index contributed by atoms with van der Waals surface area (Å²) in [6.07, 6.45) is 1.97. The number of hydrogen-bond donors (Lipinski definition) is 2. The Morgan fingerprint density at radius 2 is 1.74 bits per heavy atom. The highest BCUT2D eigenvalue weighted by Gasteiger charge is 2.49. The topological polar surface area (TPSA) is 97.0 Å². The number of nitrogens with zero attached hydrogens (tertiary/aromatic N) is 1. The second-order valence-electron chi connectivity index (χ2n) is 7.51. The minimum Gasteiger partial charge on any atom is -0.493 e. The van der Waals surface area contributed by atoms with Crippen molar-refractivity contribution in [2.75, 3.05) is 26.1 Å². The lowest BCUT2D eigenvalue weighted by Crippen LogP contribution is -2.42. The van der Waals surface area contributed by atoms with Gasteiger partial charge in [0.05, 0.1) is 14.2 Å². The number of carbonyl (C=O) groups is 3. The average molecular weight is 425 g/mol. The number of ether oxygens (including phenoxy) is 2. The molecule has 0 aliphatic carbocycles. The van der Waals surface area contributed by atoms with Gasteiger partial charge in [-0.3, -0.25) is 14.5 Å². The van der Waals surface area contributed by atoms with E-state index in [0.29, 0.717) is 22.7 Å². The molecule has 2 aromatic rings. The third kappa shape index (κ3) is 4.47. The fourth-order valence-corrected chi connectivity index (χ4v) is 3.59. The summed E-state index contributed by atoms with van der Waals surface area (Å²) in [5.74, 6) is 0.00572. The van der Waals surface area contributed by atoms with Gasteiger partial charge in [0.15, 0.2) is 11.5 Å². The van der Waals surface area contributed by atoms with Crippen molar-refractivity contribution in [3.8, 4) is 11.5 Å². The molecule has 4 amide bonds. The molecule has 0 spiro atoms. The Bertz CT molecular complexity index is 989. The molecule has 1 aliphatic rings. The Morgan fingerprint density at radius 1 is 1.06 bits per heavy atom. The van der Waals surface area contributed by atoms with Gasteiger partial charge in [0.2, 0.25) is 5.91 Å². The van der Waals surface area contributed by atoms with Crippen LogP contribution in [0.3, 0.4) is 0 Å². The van der Waals surface area contributed by atoms with Crippen LogP contribution >= 0.6 is 0 Å². The molecule has 0 radical (unpaired) electrons. The number of urea groups is 1.